The zero-order valence-corrected chi connectivity index (χ0v) is 15.5. The smallest absolute Gasteiger partial charge is 0.261 e. The number of amides is 3. The van der Waals surface area contributed by atoms with E-state index >= 15 is 0 Å². The van der Waals surface area contributed by atoms with Crippen LogP contribution in [-0.2, 0) is 11.2 Å². The second-order valence-electron chi connectivity index (χ2n) is 6.55. The van der Waals surface area contributed by atoms with E-state index < -0.39 is 0 Å². The predicted octanol–water partition coefficient (Wildman–Crippen LogP) is 2.66. The van der Waals surface area contributed by atoms with E-state index in [-0.39, 0.29) is 43.1 Å². The van der Waals surface area contributed by atoms with Crippen LogP contribution in [0.5, 0.6) is 0 Å². The van der Waals surface area contributed by atoms with Gasteiger partial charge in [0.15, 0.2) is 0 Å². The maximum Gasteiger partial charge on any atom is 0.261 e. The van der Waals surface area contributed by atoms with Crippen LogP contribution in [0, 0.1) is 0 Å². The summed E-state index contributed by atoms with van der Waals surface area (Å²) in [7, 11) is 0. The highest BCUT2D eigenvalue weighted by Crippen LogP contribution is 2.32. The van der Waals surface area contributed by atoms with E-state index in [2.05, 4.69) is 0 Å². The van der Waals surface area contributed by atoms with Crippen molar-refractivity contribution >= 4 is 41.5 Å². The number of halogens is 1. The molecule has 2 aromatic carbocycles. The highest BCUT2D eigenvalue weighted by Gasteiger charge is 2.35. The molecule has 0 unspecified atom stereocenters. The molecule has 27 heavy (non-hydrogen) atoms. The van der Waals surface area contributed by atoms with E-state index in [1.54, 1.807) is 29.2 Å². The molecule has 2 N–H and O–H groups in total. The minimum Gasteiger partial charge on any atom is -0.398 e. The first kappa shape index (κ1) is 18.9. The summed E-state index contributed by atoms with van der Waals surface area (Å²) in [5.41, 5.74) is 9.36. The number of nitrogen functional groups attached to an aromatic ring is 1. The Kier molecular flexibility index (Phi) is 5.19. The van der Waals surface area contributed by atoms with Gasteiger partial charge in [0.05, 0.1) is 11.1 Å². The Bertz CT molecular complexity index is 893. The van der Waals surface area contributed by atoms with Crippen LogP contribution in [0.4, 0.5) is 11.4 Å². The molecule has 4 rings (SSSR count). The van der Waals surface area contributed by atoms with Crippen LogP contribution in [0.1, 0.15) is 39.1 Å². The minimum atomic E-state index is -0.332. The van der Waals surface area contributed by atoms with E-state index in [9.17, 15) is 14.4 Å². The SMILES string of the molecule is Cl.Nc1cccc2c1CCCN2C(=O)CCN1C(=O)c2ccccc2C1=O. The second-order valence-corrected chi connectivity index (χ2v) is 6.55. The van der Waals surface area contributed by atoms with Crippen molar-refractivity contribution in [3.8, 4) is 0 Å². The summed E-state index contributed by atoms with van der Waals surface area (Å²) in [5.74, 6) is -0.767. The van der Waals surface area contributed by atoms with Crippen molar-refractivity contribution < 1.29 is 14.4 Å². The summed E-state index contributed by atoms with van der Waals surface area (Å²) in [4.78, 5) is 40.4. The van der Waals surface area contributed by atoms with E-state index in [0.717, 1.165) is 29.0 Å². The summed E-state index contributed by atoms with van der Waals surface area (Å²) in [6.45, 7) is 0.705. The normalized spacial score (nSPS) is 15.3. The van der Waals surface area contributed by atoms with E-state index in [1.165, 1.54) is 0 Å². The van der Waals surface area contributed by atoms with Gasteiger partial charge in [-0.25, -0.2) is 0 Å². The number of anilines is 2. The van der Waals surface area contributed by atoms with Crippen LogP contribution < -0.4 is 10.6 Å². The Morgan fingerprint density at radius 1 is 1.00 bits per heavy atom. The number of hydrogen-bond donors (Lipinski definition) is 1. The average Bonchev–Trinajstić information content (AvgIpc) is 2.91. The quantitative estimate of drug-likeness (QED) is 0.650. The van der Waals surface area contributed by atoms with E-state index in [0.29, 0.717) is 23.4 Å². The zero-order valence-electron chi connectivity index (χ0n) is 14.7. The molecular weight excluding hydrogens is 366 g/mol. The lowest BCUT2D eigenvalue weighted by atomic mass is 9.99. The number of carbonyl (C=O) groups excluding carboxylic acids is 3. The lowest BCUT2D eigenvalue weighted by Gasteiger charge is -2.30. The molecule has 2 heterocycles. The number of carbonyl (C=O) groups is 3. The van der Waals surface area contributed by atoms with Crippen molar-refractivity contribution in [1.82, 2.24) is 4.90 Å². The molecule has 0 aromatic heterocycles. The number of imide groups is 1. The van der Waals surface area contributed by atoms with Crippen molar-refractivity contribution in [2.45, 2.75) is 19.3 Å². The number of hydrogen-bond acceptors (Lipinski definition) is 4. The van der Waals surface area contributed by atoms with Gasteiger partial charge >= 0.3 is 0 Å². The fourth-order valence-corrected chi connectivity index (χ4v) is 3.70. The standard InChI is InChI=1S/C20H19N3O3.ClH/c21-16-8-3-9-17-15(16)7-4-11-22(17)18(24)10-12-23-19(25)13-5-1-2-6-14(13)20(23)26;/h1-3,5-6,8-9H,4,7,10-12,21H2;1H. The lowest BCUT2D eigenvalue weighted by molar-refractivity contribution is -0.118. The Labute approximate surface area is 163 Å². The Hall–Kier alpha value is -2.86. The predicted molar refractivity (Wildman–Crippen MR) is 105 cm³/mol. The van der Waals surface area contributed by atoms with Crippen molar-refractivity contribution in [3.63, 3.8) is 0 Å². The van der Waals surface area contributed by atoms with Gasteiger partial charge in [-0.2, -0.15) is 0 Å². The molecule has 140 valence electrons. The van der Waals surface area contributed by atoms with Crippen LogP contribution >= 0.6 is 12.4 Å². The van der Waals surface area contributed by atoms with Gasteiger partial charge in [0, 0.05) is 30.9 Å². The van der Waals surface area contributed by atoms with Crippen molar-refractivity contribution in [1.29, 1.82) is 0 Å². The van der Waals surface area contributed by atoms with Gasteiger partial charge in [-0.15, -0.1) is 12.4 Å². The van der Waals surface area contributed by atoms with Gasteiger partial charge < -0.3 is 10.6 Å². The van der Waals surface area contributed by atoms with Gasteiger partial charge in [-0.05, 0) is 42.7 Å². The first-order valence-electron chi connectivity index (χ1n) is 8.71. The fraction of sp³-hybridized carbons (Fsp3) is 0.250. The average molecular weight is 386 g/mol. The molecule has 2 aliphatic rings. The van der Waals surface area contributed by atoms with E-state index in [4.69, 9.17) is 5.73 Å². The van der Waals surface area contributed by atoms with Crippen LogP contribution in [0.2, 0.25) is 0 Å². The topological polar surface area (TPSA) is 83.7 Å². The highest BCUT2D eigenvalue weighted by atomic mass is 35.5. The van der Waals surface area contributed by atoms with Crippen molar-refractivity contribution in [2.75, 3.05) is 23.7 Å². The number of benzene rings is 2. The van der Waals surface area contributed by atoms with Crippen LogP contribution in [0.3, 0.4) is 0 Å². The van der Waals surface area contributed by atoms with E-state index in [1.807, 2.05) is 18.2 Å². The third-order valence-electron chi connectivity index (χ3n) is 5.02. The first-order chi connectivity index (χ1) is 12.6. The molecule has 3 amide bonds. The Morgan fingerprint density at radius 3 is 2.33 bits per heavy atom. The molecule has 0 radical (unpaired) electrons. The molecule has 0 saturated carbocycles. The summed E-state index contributed by atoms with van der Waals surface area (Å²) in [5, 5.41) is 0. The third kappa shape index (κ3) is 3.17. The molecule has 0 saturated heterocycles. The van der Waals surface area contributed by atoms with Crippen LogP contribution in [0.25, 0.3) is 0 Å². The fourth-order valence-electron chi connectivity index (χ4n) is 3.70. The molecule has 0 spiro atoms. The molecular formula is C20H20ClN3O3. The number of fused-ring (bicyclic) bond motifs is 2. The number of nitrogens with two attached hydrogens (primary N) is 1. The highest BCUT2D eigenvalue weighted by molar-refractivity contribution is 6.21. The monoisotopic (exact) mass is 385 g/mol. The van der Waals surface area contributed by atoms with Gasteiger partial charge in [-0.1, -0.05) is 18.2 Å². The molecule has 7 heteroatoms. The van der Waals surface area contributed by atoms with Gasteiger partial charge in [0.2, 0.25) is 5.91 Å². The zero-order chi connectivity index (χ0) is 18.3. The van der Waals surface area contributed by atoms with Crippen molar-refractivity contribution in [2.24, 2.45) is 0 Å². The summed E-state index contributed by atoms with van der Waals surface area (Å²) in [6.07, 6.45) is 1.80. The molecule has 0 aliphatic carbocycles. The number of rotatable bonds is 3. The largest absolute Gasteiger partial charge is 0.398 e. The molecule has 0 atom stereocenters. The number of nitrogens with zero attached hydrogens (tertiary/aromatic N) is 2. The summed E-state index contributed by atoms with van der Waals surface area (Å²) in [6, 6.07) is 12.3. The van der Waals surface area contributed by atoms with Gasteiger partial charge in [0.1, 0.15) is 0 Å². The second kappa shape index (κ2) is 7.40. The molecule has 6 nitrogen and oxygen atoms in total. The summed E-state index contributed by atoms with van der Waals surface area (Å²) < 4.78 is 0. The Balaban J connectivity index is 0.00000210. The van der Waals surface area contributed by atoms with Crippen LogP contribution in [-0.4, -0.2) is 35.7 Å². The van der Waals surface area contributed by atoms with Crippen LogP contribution in [0.15, 0.2) is 42.5 Å². The molecule has 2 aromatic rings. The third-order valence-corrected chi connectivity index (χ3v) is 5.02. The van der Waals surface area contributed by atoms with Crippen molar-refractivity contribution in [3.05, 3.63) is 59.2 Å². The maximum absolute atomic E-state index is 12.8. The molecule has 0 bridgehead atoms. The summed E-state index contributed by atoms with van der Waals surface area (Å²) >= 11 is 0. The maximum atomic E-state index is 12.8. The minimum absolute atomic E-state index is 0. The Morgan fingerprint density at radius 2 is 1.67 bits per heavy atom. The van der Waals surface area contributed by atoms with Gasteiger partial charge in [-0.3, -0.25) is 19.3 Å². The molecule has 2 aliphatic heterocycles. The lowest BCUT2D eigenvalue weighted by Crippen LogP contribution is -2.39. The van der Waals surface area contributed by atoms with Gasteiger partial charge in [0.25, 0.3) is 11.8 Å². The first-order valence-corrected chi connectivity index (χ1v) is 8.71. The molecule has 0 fully saturated rings.